The molecule has 1 aromatic rings. The predicted octanol–water partition coefficient (Wildman–Crippen LogP) is 1.70. The van der Waals surface area contributed by atoms with Crippen LogP contribution in [0.5, 0.6) is 0 Å². The lowest BCUT2D eigenvalue weighted by molar-refractivity contribution is 0.0696. The highest BCUT2D eigenvalue weighted by Gasteiger charge is 2.20. The number of alkyl halides is 1. The average Bonchev–Trinajstić information content (AvgIpc) is 2.29. The summed E-state index contributed by atoms with van der Waals surface area (Å²) >= 11 is 3.10. The zero-order valence-corrected chi connectivity index (χ0v) is 11.8. The van der Waals surface area contributed by atoms with Crippen LogP contribution in [0.1, 0.15) is 15.9 Å². The highest BCUT2D eigenvalue weighted by molar-refractivity contribution is 9.10. The van der Waals surface area contributed by atoms with E-state index in [1.165, 1.54) is 13.0 Å². The van der Waals surface area contributed by atoms with Gasteiger partial charge in [0.05, 0.1) is 10.5 Å². The fourth-order valence-corrected chi connectivity index (χ4v) is 3.19. The zero-order valence-electron chi connectivity index (χ0n) is 9.41. The second kappa shape index (κ2) is 5.77. The molecule has 18 heavy (non-hydrogen) atoms. The van der Waals surface area contributed by atoms with Gasteiger partial charge in [-0.15, -0.1) is 0 Å². The van der Waals surface area contributed by atoms with E-state index in [4.69, 9.17) is 5.11 Å². The molecule has 1 aromatic carbocycles. The maximum atomic E-state index is 12.0. The van der Waals surface area contributed by atoms with Gasteiger partial charge in [0.1, 0.15) is 6.67 Å². The minimum atomic E-state index is -3.91. The second-order valence-corrected chi connectivity index (χ2v) is 6.06. The molecule has 0 spiro atoms. The van der Waals surface area contributed by atoms with Crippen molar-refractivity contribution in [1.82, 2.24) is 4.72 Å². The van der Waals surface area contributed by atoms with E-state index >= 15 is 0 Å². The van der Waals surface area contributed by atoms with Crippen LogP contribution in [0.3, 0.4) is 0 Å². The van der Waals surface area contributed by atoms with Crippen LogP contribution in [0.2, 0.25) is 0 Å². The van der Waals surface area contributed by atoms with Crippen molar-refractivity contribution >= 4 is 31.9 Å². The van der Waals surface area contributed by atoms with Crippen molar-refractivity contribution in [2.75, 3.05) is 13.2 Å². The van der Waals surface area contributed by atoms with Crippen molar-refractivity contribution in [3.63, 3.8) is 0 Å². The lowest BCUT2D eigenvalue weighted by Gasteiger charge is -2.10. The average molecular weight is 340 g/mol. The number of carboxylic acid groups (broad SMARTS) is 1. The number of sulfonamides is 1. The van der Waals surface area contributed by atoms with E-state index in [9.17, 15) is 17.6 Å². The van der Waals surface area contributed by atoms with Crippen molar-refractivity contribution in [2.24, 2.45) is 0 Å². The van der Waals surface area contributed by atoms with E-state index in [0.29, 0.717) is 10.0 Å². The van der Waals surface area contributed by atoms with Gasteiger partial charge < -0.3 is 5.11 Å². The number of benzene rings is 1. The molecule has 0 amide bonds. The second-order valence-electron chi connectivity index (χ2n) is 3.47. The Balaban J connectivity index is 3.35. The molecule has 0 saturated carbocycles. The highest BCUT2D eigenvalue weighted by Crippen LogP contribution is 2.25. The molecule has 0 unspecified atom stereocenters. The third kappa shape index (κ3) is 3.27. The molecule has 0 saturated heterocycles. The quantitative estimate of drug-likeness (QED) is 0.855. The van der Waals surface area contributed by atoms with Crippen molar-refractivity contribution in [1.29, 1.82) is 0 Å². The fourth-order valence-electron chi connectivity index (χ4n) is 1.31. The number of hydrogen-bond acceptors (Lipinski definition) is 3. The van der Waals surface area contributed by atoms with E-state index in [-0.39, 0.29) is 17.0 Å². The molecule has 0 aromatic heterocycles. The van der Waals surface area contributed by atoms with E-state index < -0.39 is 22.7 Å². The van der Waals surface area contributed by atoms with Crippen LogP contribution < -0.4 is 4.72 Å². The number of nitrogens with one attached hydrogen (secondary N) is 1. The molecule has 8 heteroatoms. The summed E-state index contributed by atoms with van der Waals surface area (Å²) in [7, 11) is -3.91. The lowest BCUT2D eigenvalue weighted by atomic mass is 10.1. The Hall–Kier alpha value is -0.990. The first-order valence-corrected chi connectivity index (χ1v) is 7.16. The van der Waals surface area contributed by atoms with Gasteiger partial charge in [0.25, 0.3) is 0 Å². The molecule has 100 valence electrons. The molecule has 0 bridgehead atoms. The van der Waals surface area contributed by atoms with Gasteiger partial charge in [0.15, 0.2) is 0 Å². The lowest BCUT2D eigenvalue weighted by Crippen LogP contribution is -2.26. The molecule has 0 aliphatic heterocycles. The monoisotopic (exact) mass is 339 g/mol. The number of rotatable bonds is 5. The molecule has 0 fully saturated rings. The van der Waals surface area contributed by atoms with Gasteiger partial charge in [-0.1, -0.05) is 15.9 Å². The van der Waals surface area contributed by atoms with Crippen molar-refractivity contribution < 1.29 is 22.7 Å². The summed E-state index contributed by atoms with van der Waals surface area (Å²) in [6.45, 7) is 0.342. The summed E-state index contributed by atoms with van der Waals surface area (Å²) < 4.78 is 38.1. The summed E-state index contributed by atoms with van der Waals surface area (Å²) in [5.41, 5.74) is 0.208. The summed E-state index contributed by atoms with van der Waals surface area (Å²) in [5.74, 6) is -1.24. The van der Waals surface area contributed by atoms with Crippen LogP contribution in [-0.2, 0) is 10.0 Å². The number of carbonyl (C=O) groups is 1. The van der Waals surface area contributed by atoms with Gasteiger partial charge in [0.2, 0.25) is 10.0 Å². The normalized spacial score (nSPS) is 11.5. The number of hydrogen-bond donors (Lipinski definition) is 2. The molecule has 0 aliphatic carbocycles. The Morgan fingerprint density at radius 3 is 2.61 bits per heavy atom. The Morgan fingerprint density at radius 1 is 1.50 bits per heavy atom. The molecule has 0 atom stereocenters. The standard InChI is InChI=1S/C10H11BrFNO4S/c1-6-8(11)4-7(10(14)15)5-9(6)18(16,17)13-3-2-12/h4-5,13H,2-3H2,1H3,(H,14,15). The van der Waals surface area contributed by atoms with Gasteiger partial charge in [0, 0.05) is 11.0 Å². The largest absolute Gasteiger partial charge is 0.478 e. The fraction of sp³-hybridized carbons (Fsp3) is 0.300. The predicted molar refractivity (Wildman–Crippen MR) is 67.0 cm³/mol. The van der Waals surface area contributed by atoms with Crippen LogP contribution in [0, 0.1) is 6.92 Å². The number of carboxylic acids is 1. The molecular formula is C10H11BrFNO4S. The first kappa shape index (κ1) is 15.1. The van der Waals surface area contributed by atoms with E-state index in [1.807, 2.05) is 4.72 Å². The van der Waals surface area contributed by atoms with E-state index in [1.54, 1.807) is 0 Å². The topological polar surface area (TPSA) is 83.5 Å². The molecule has 0 radical (unpaired) electrons. The van der Waals surface area contributed by atoms with Crippen LogP contribution in [0.15, 0.2) is 21.5 Å². The minimum Gasteiger partial charge on any atom is -0.478 e. The number of aromatic carboxylic acids is 1. The summed E-state index contributed by atoms with van der Waals surface area (Å²) in [4.78, 5) is 10.7. The van der Waals surface area contributed by atoms with Gasteiger partial charge in [-0.25, -0.2) is 22.3 Å². The highest BCUT2D eigenvalue weighted by atomic mass is 79.9. The van der Waals surface area contributed by atoms with Crippen LogP contribution in [-0.4, -0.2) is 32.7 Å². The summed E-state index contributed by atoms with van der Waals surface area (Å²) in [5, 5.41) is 8.87. The van der Waals surface area contributed by atoms with Crippen LogP contribution >= 0.6 is 15.9 Å². The third-order valence-electron chi connectivity index (χ3n) is 2.22. The van der Waals surface area contributed by atoms with Crippen LogP contribution in [0.4, 0.5) is 4.39 Å². The minimum absolute atomic E-state index is 0.159. The first-order chi connectivity index (χ1) is 8.29. The Bertz CT molecular complexity index is 573. The molecule has 5 nitrogen and oxygen atoms in total. The van der Waals surface area contributed by atoms with Crippen molar-refractivity contribution in [2.45, 2.75) is 11.8 Å². The SMILES string of the molecule is Cc1c(Br)cc(C(=O)O)cc1S(=O)(=O)NCCF. The van der Waals surface area contributed by atoms with Gasteiger partial charge >= 0.3 is 5.97 Å². The molecule has 0 heterocycles. The molecule has 0 aliphatic rings. The molecular weight excluding hydrogens is 329 g/mol. The Morgan fingerprint density at radius 2 is 2.11 bits per heavy atom. The smallest absolute Gasteiger partial charge is 0.335 e. The molecule has 1 rings (SSSR count). The maximum Gasteiger partial charge on any atom is 0.335 e. The van der Waals surface area contributed by atoms with Gasteiger partial charge in [-0.2, -0.15) is 0 Å². The van der Waals surface area contributed by atoms with Crippen LogP contribution in [0.25, 0.3) is 0 Å². The summed E-state index contributed by atoms with van der Waals surface area (Å²) in [6, 6.07) is 2.36. The van der Waals surface area contributed by atoms with Gasteiger partial charge in [-0.3, -0.25) is 0 Å². The Kier molecular flexibility index (Phi) is 4.83. The first-order valence-electron chi connectivity index (χ1n) is 4.88. The maximum absolute atomic E-state index is 12.0. The van der Waals surface area contributed by atoms with Gasteiger partial charge in [-0.05, 0) is 24.6 Å². The molecule has 2 N–H and O–H groups in total. The van der Waals surface area contributed by atoms with E-state index in [2.05, 4.69) is 15.9 Å². The van der Waals surface area contributed by atoms with E-state index in [0.717, 1.165) is 6.07 Å². The van der Waals surface area contributed by atoms with Crippen molar-refractivity contribution in [3.05, 3.63) is 27.7 Å². The Labute approximate surface area is 112 Å². The third-order valence-corrected chi connectivity index (χ3v) is 4.63. The summed E-state index contributed by atoms with van der Waals surface area (Å²) in [6.07, 6.45) is 0. The number of halogens is 2. The zero-order chi connectivity index (χ0) is 13.9. The van der Waals surface area contributed by atoms with Crippen molar-refractivity contribution in [3.8, 4) is 0 Å².